The van der Waals surface area contributed by atoms with Crippen LogP contribution in [0.15, 0.2) is 29.2 Å². The molecule has 1 aliphatic carbocycles. The van der Waals surface area contributed by atoms with Gasteiger partial charge in [0.05, 0.1) is 4.90 Å². The molecule has 2 unspecified atom stereocenters. The van der Waals surface area contributed by atoms with E-state index in [2.05, 4.69) is 4.72 Å². The van der Waals surface area contributed by atoms with E-state index in [9.17, 15) is 12.8 Å². The van der Waals surface area contributed by atoms with Crippen LogP contribution in [-0.2, 0) is 10.0 Å². The van der Waals surface area contributed by atoms with E-state index in [1.165, 1.54) is 18.2 Å². The lowest BCUT2D eigenvalue weighted by Gasteiger charge is -2.19. The van der Waals surface area contributed by atoms with Crippen molar-refractivity contribution >= 4 is 22.4 Å². The summed E-state index contributed by atoms with van der Waals surface area (Å²) in [6.45, 7) is 0.469. The zero-order valence-electron chi connectivity index (χ0n) is 10.4. The monoisotopic (exact) mass is 308 g/mol. The highest BCUT2D eigenvalue weighted by Crippen LogP contribution is 2.26. The third kappa shape index (κ3) is 3.89. The van der Waals surface area contributed by atoms with Gasteiger partial charge in [0, 0.05) is 6.04 Å². The summed E-state index contributed by atoms with van der Waals surface area (Å²) in [5.41, 5.74) is 5.61. The van der Waals surface area contributed by atoms with Crippen LogP contribution in [-0.4, -0.2) is 21.0 Å². The van der Waals surface area contributed by atoms with Crippen molar-refractivity contribution < 1.29 is 12.8 Å². The standard InChI is InChI=1S/C12H17FN2O2S.ClH/c13-10-4-2-5-11(7-10)18(16,17)15-12-6-1-3-9(12)8-14;/h2,4-5,7,9,12,15H,1,3,6,8,14H2;1H. The van der Waals surface area contributed by atoms with Gasteiger partial charge in [0.25, 0.3) is 0 Å². The van der Waals surface area contributed by atoms with E-state index in [0.717, 1.165) is 25.3 Å². The zero-order chi connectivity index (χ0) is 13.2. The fraction of sp³-hybridized carbons (Fsp3) is 0.500. The van der Waals surface area contributed by atoms with Crippen LogP contribution < -0.4 is 10.5 Å². The molecule has 1 aromatic rings. The number of benzene rings is 1. The van der Waals surface area contributed by atoms with Gasteiger partial charge in [0.15, 0.2) is 0 Å². The Bertz CT molecular complexity index is 524. The number of hydrogen-bond donors (Lipinski definition) is 2. The van der Waals surface area contributed by atoms with E-state index >= 15 is 0 Å². The average Bonchev–Trinajstić information content (AvgIpc) is 2.75. The number of sulfonamides is 1. The molecular weight excluding hydrogens is 291 g/mol. The van der Waals surface area contributed by atoms with Crippen molar-refractivity contribution in [2.24, 2.45) is 11.7 Å². The normalized spacial score (nSPS) is 23.1. The number of hydrogen-bond acceptors (Lipinski definition) is 3. The maximum absolute atomic E-state index is 13.0. The number of nitrogens with one attached hydrogen (secondary N) is 1. The van der Waals surface area contributed by atoms with Gasteiger partial charge in [-0.3, -0.25) is 0 Å². The molecule has 0 spiro atoms. The van der Waals surface area contributed by atoms with E-state index < -0.39 is 15.8 Å². The van der Waals surface area contributed by atoms with E-state index in [1.807, 2.05) is 0 Å². The molecule has 1 aliphatic rings. The van der Waals surface area contributed by atoms with Crippen LogP contribution in [0.4, 0.5) is 4.39 Å². The topological polar surface area (TPSA) is 72.2 Å². The molecule has 4 nitrogen and oxygen atoms in total. The van der Waals surface area contributed by atoms with E-state index in [4.69, 9.17) is 5.73 Å². The van der Waals surface area contributed by atoms with Crippen LogP contribution >= 0.6 is 12.4 Å². The van der Waals surface area contributed by atoms with Crippen LogP contribution in [0.5, 0.6) is 0 Å². The molecule has 1 aromatic carbocycles. The Hall–Kier alpha value is -0.690. The molecule has 108 valence electrons. The molecule has 2 atom stereocenters. The van der Waals surface area contributed by atoms with Crippen LogP contribution in [0.25, 0.3) is 0 Å². The first kappa shape index (κ1) is 16.4. The Morgan fingerprint density at radius 2 is 2.11 bits per heavy atom. The quantitative estimate of drug-likeness (QED) is 0.888. The second-order valence-electron chi connectivity index (χ2n) is 4.61. The smallest absolute Gasteiger partial charge is 0.240 e. The predicted octanol–water partition coefficient (Wildman–Crippen LogP) is 1.65. The van der Waals surface area contributed by atoms with Gasteiger partial charge in [-0.25, -0.2) is 17.5 Å². The minimum absolute atomic E-state index is 0. The van der Waals surface area contributed by atoms with Crippen molar-refractivity contribution in [3.8, 4) is 0 Å². The Morgan fingerprint density at radius 1 is 1.37 bits per heavy atom. The molecule has 0 aromatic heterocycles. The molecule has 0 radical (unpaired) electrons. The minimum Gasteiger partial charge on any atom is -0.330 e. The van der Waals surface area contributed by atoms with Crippen molar-refractivity contribution in [1.82, 2.24) is 4.72 Å². The van der Waals surface area contributed by atoms with Crippen LogP contribution in [0.3, 0.4) is 0 Å². The third-order valence-electron chi connectivity index (χ3n) is 3.37. The summed E-state index contributed by atoms with van der Waals surface area (Å²) in [7, 11) is -3.65. The van der Waals surface area contributed by atoms with Crippen molar-refractivity contribution in [1.29, 1.82) is 0 Å². The molecule has 7 heteroatoms. The van der Waals surface area contributed by atoms with Gasteiger partial charge >= 0.3 is 0 Å². The summed E-state index contributed by atoms with van der Waals surface area (Å²) in [4.78, 5) is -0.0369. The Labute approximate surface area is 119 Å². The highest BCUT2D eigenvalue weighted by Gasteiger charge is 2.30. The van der Waals surface area contributed by atoms with Gasteiger partial charge in [0.1, 0.15) is 5.82 Å². The molecule has 0 bridgehead atoms. The summed E-state index contributed by atoms with van der Waals surface area (Å²) in [6, 6.07) is 4.88. The first-order valence-electron chi connectivity index (χ1n) is 6.01. The molecule has 0 aliphatic heterocycles. The number of rotatable bonds is 4. The van der Waals surface area contributed by atoms with Gasteiger partial charge in [-0.1, -0.05) is 12.5 Å². The predicted molar refractivity (Wildman–Crippen MR) is 74.2 cm³/mol. The third-order valence-corrected chi connectivity index (χ3v) is 4.86. The van der Waals surface area contributed by atoms with Gasteiger partial charge in [0.2, 0.25) is 10.0 Å². The first-order valence-corrected chi connectivity index (χ1v) is 7.49. The van der Waals surface area contributed by atoms with Gasteiger partial charge in [-0.15, -0.1) is 12.4 Å². The highest BCUT2D eigenvalue weighted by atomic mass is 35.5. The van der Waals surface area contributed by atoms with Gasteiger partial charge in [-0.2, -0.15) is 0 Å². The lowest BCUT2D eigenvalue weighted by Crippen LogP contribution is -2.39. The van der Waals surface area contributed by atoms with Crippen LogP contribution in [0.2, 0.25) is 0 Å². The van der Waals surface area contributed by atoms with E-state index in [-0.39, 0.29) is 29.3 Å². The van der Waals surface area contributed by atoms with Crippen molar-refractivity contribution in [3.05, 3.63) is 30.1 Å². The lowest BCUT2D eigenvalue weighted by molar-refractivity contribution is 0.452. The van der Waals surface area contributed by atoms with Gasteiger partial charge in [-0.05, 0) is 43.5 Å². The number of halogens is 2. The average molecular weight is 309 g/mol. The highest BCUT2D eigenvalue weighted by molar-refractivity contribution is 7.89. The Morgan fingerprint density at radius 3 is 2.74 bits per heavy atom. The summed E-state index contributed by atoms with van der Waals surface area (Å²) < 4.78 is 39.8. The number of nitrogens with two attached hydrogens (primary N) is 1. The molecule has 1 fully saturated rings. The van der Waals surface area contributed by atoms with Crippen molar-refractivity contribution in [3.63, 3.8) is 0 Å². The molecule has 0 saturated heterocycles. The fourth-order valence-corrected chi connectivity index (χ4v) is 3.75. The maximum Gasteiger partial charge on any atom is 0.240 e. The summed E-state index contributed by atoms with van der Waals surface area (Å²) in [5.74, 6) is -0.381. The van der Waals surface area contributed by atoms with Crippen LogP contribution in [0, 0.1) is 11.7 Å². The second-order valence-corrected chi connectivity index (χ2v) is 6.33. The summed E-state index contributed by atoms with van der Waals surface area (Å²) in [5, 5.41) is 0. The summed E-state index contributed by atoms with van der Waals surface area (Å²) in [6.07, 6.45) is 2.70. The molecule has 0 amide bonds. The molecular formula is C12H18ClFN2O2S. The van der Waals surface area contributed by atoms with Gasteiger partial charge < -0.3 is 5.73 Å². The zero-order valence-corrected chi connectivity index (χ0v) is 12.0. The molecule has 2 rings (SSSR count). The van der Waals surface area contributed by atoms with E-state index in [0.29, 0.717) is 6.54 Å². The first-order chi connectivity index (χ1) is 8.53. The Balaban J connectivity index is 0.00000180. The van der Waals surface area contributed by atoms with Crippen LogP contribution in [0.1, 0.15) is 19.3 Å². The van der Waals surface area contributed by atoms with Crippen molar-refractivity contribution in [2.45, 2.75) is 30.2 Å². The molecule has 0 heterocycles. The SMILES string of the molecule is Cl.NCC1CCCC1NS(=O)(=O)c1cccc(F)c1. The fourth-order valence-electron chi connectivity index (χ4n) is 2.38. The molecule has 3 N–H and O–H groups in total. The lowest BCUT2D eigenvalue weighted by atomic mass is 10.1. The second kappa shape index (κ2) is 6.65. The summed E-state index contributed by atoms with van der Waals surface area (Å²) >= 11 is 0. The molecule has 1 saturated carbocycles. The minimum atomic E-state index is -3.65. The largest absolute Gasteiger partial charge is 0.330 e. The van der Waals surface area contributed by atoms with E-state index in [1.54, 1.807) is 0 Å². The maximum atomic E-state index is 13.0. The Kier molecular flexibility index (Phi) is 5.73. The molecule has 19 heavy (non-hydrogen) atoms. The van der Waals surface area contributed by atoms with Crippen molar-refractivity contribution in [2.75, 3.05) is 6.54 Å².